The van der Waals surface area contributed by atoms with Crippen LogP contribution < -0.4 is 0 Å². The van der Waals surface area contributed by atoms with Gasteiger partial charge >= 0.3 is 5.97 Å². The number of carbonyl (C=O) groups excluding carboxylic acids is 1. The van der Waals surface area contributed by atoms with Crippen molar-refractivity contribution in [3.8, 4) is 0 Å². The van der Waals surface area contributed by atoms with Crippen molar-refractivity contribution in [2.75, 3.05) is 13.2 Å². The van der Waals surface area contributed by atoms with Gasteiger partial charge in [-0.05, 0) is 32.6 Å². The second-order valence-electron chi connectivity index (χ2n) is 7.55. The number of carbonyl (C=O) groups is 1. The van der Waals surface area contributed by atoms with E-state index < -0.39 is 11.6 Å². The molecule has 28 heavy (non-hydrogen) atoms. The highest BCUT2D eigenvalue weighted by molar-refractivity contribution is 5.86. The lowest BCUT2D eigenvalue weighted by Crippen LogP contribution is -2.48. The molecule has 7 heteroatoms. The molecule has 0 radical (unpaired) electrons. The largest absolute Gasteiger partial charge is 0.462 e. The summed E-state index contributed by atoms with van der Waals surface area (Å²) in [7, 11) is 0. The van der Waals surface area contributed by atoms with Crippen molar-refractivity contribution in [3.05, 3.63) is 12.2 Å². The molecule has 0 spiro atoms. The molecule has 2 saturated carbocycles. The molecular formula is C21H38O7. The summed E-state index contributed by atoms with van der Waals surface area (Å²) in [6, 6.07) is 0. The lowest BCUT2D eigenvalue weighted by molar-refractivity contribution is -0.293. The Morgan fingerprint density at radius 2 is 1.68 bits per heavy atom. The van der Waals surface area contributed by atoms with Gasteiger partial charge < -0.3 is 29.5 Å². The van der Waals surface area contributed by atoms with Gasteiger partial charge in [-0.1, -0.05) is 20.4 Å². The molecule has 3 rings (SSSR count). The number of ether oxygens (including phenoxy) is 3. The average Bonchev–Trinajstić information content (AvgIpc) is 2.62. The quantitative estimate of drug-likeness (QED) is 0.356. The van der Waals surface area contributed by atoms with Crippen LogP contribution in [-0.2, 0) is 19.0 Å². The summed E-state index contributed by atoms with van der Waals surface area (Å²) in [5.41, 5.74) is 0.395. The topological polar surface area (TPSA) is 105 Å². The molecule has 0 aromatic rings. The monoisotopic (exact) mass is 402 g/mol. The highest BCUT2D eigenvalue weighted by Crippen LogP contribution is 2.36. The van der Waals surface area contributed by atoms with Crippen LogP contribution in [0.4, 0.5) is 0 Å². The SMILES string of the molecule is C=C(C)C(=O)OCC[C@@H]1OCCC[C@@H]1OC1(O)CCC1.CC.OC1(O)CCC1. The molecule has 0 aromatic heterocycles. The zero-order valence-corrected chi connectivity index (χ0v) is 17.6. The van der Waals surface area contributed by atoms with E-state index in [9.17, 15) is 9.90 Å². The van der Waals surface area contributed by atoms with Gasteiger partial charge in [0.05, 0.1) is 18.8 Å². The molecule has 0 bridgehead atoms. The summed E-state index contributed by atoms with van der Waals surface area (Å²) >= 11 is 0. The zero-order chi connectivity index (χ0) is 21.2. The number of esters is 1. The molecule has 0 aromatic carbocycles. The third kappa shape index (κ3) is 8.57. The molecular weight excluding hydrogens is 364 g/mol. The van der Waals surface area contributed by atoms with Crippen molar-refractivity contribution >= 4 is 5.97 Å². The average molecular weight is 403 g/mol. The van der Waals surface area contributed by atoms with Crippen LogP contribution in [0.2, 0.25) is 0 Å². The van der Waals surface area contributed by atoms with Crippen LogP contribution in [0.15, 0.2) is 12.2 Å². The van der Waals surface area contributed by atoms with Crippen LogP contribution in [0.5, 0.6) is 0 Å². The van der Waals surface area contributed by atoms with E-state index in [0.717, 1.165) is 25.7 Å². The maximum absolute atomic E-state index is 11.3. The smallest absolute Gasteiger partial charge is 0.333 e. The first-order valence-electron chi connectivity index (χ1n) is 10.5. The standard InChI is InChI=1S/C15H24O5.C4H8O2.C2H6/c1-11(2)14(16)19-10-6-12-13(5-3-9-18-12)20-15(17)7-4-8-15;5-4(6)2-1-3-4;1-2/h12-13,17H,1,3-10H2,2H3;5-6H,1-3H2;1-2H3/t12-,13-;;/m0../s1. The lowest BCUT2D eigenvalue weighted by Gasteiger charge is -2.42. The molecule has 0 amide bonds. The lowest BCUT2D eigenvalue weighted by atomic mass is 9.90. The Morgan fingerprint density at radius 3 is 2.11 bits per heavy atom. The Hall–Kier alpha value is -0.990. The van der Waals surface area contributed by atoms with Crippen LogP contribution in [0.1, 0.15) is 78.6 Å². The normalized spacial score (nSPS) is 26.8. The van der Waals surface area contributed by atoms with Crippen molar-refractivity contribution in [1.82, 2.24) is 0 Å². The molecule has 3 fully saturated rings. The second-order valence-corrected chi connectivity index (χ2v) is 7.55. The maximum atomic E-state index is 11.3. The van der Waals surface area contributed by atoms with Gasteiger partial charge in [-0.25, -0.2) is 4.79 Å². The predicted octanol–water partition coefficient (Wildman–Crippen LogP) is 2.81. The molecule has 2 atom stereocenters. The van der Waals surface area contributed by atoms with Crippen molar-refractivity contribution in [2.45, 2.75) is 102 Å². The van der Waals surface area contributed by atoms with Gasteiger partial charge in [0, 0.05) is 44.3 Å². The summed E-state index contributed by atoms with van der Waals surface area (Å²) in [6.45, 7) is 10.1. The van der Waals surface area contributed by atoms with E-state index in [0.29, 0.717) is 44.3 Å². The Balaban J connectivity index is 0.000000411. The molecule has 1 heterocycles. The van der Waals surface area contributed by atoms with Gasteiger partial charge in [-0.2, -0.15) is 0 Å². The van der Waals surface area contributed by atoms with E-state index in [-0.39, 0.29) is 24.8 Å². The summed E-state index contributed by atoms with van der Waals surface area (Å²) < 4.78 is 16.6. The third-order valence-electron chi connectivity index (χ3n) is 5.02. The summed E-state index contributed by atoms with van der Waals surface area (Å²) in [5.74, 6) is -2.62. The second kappa shape index (κ2) is 11.9. The van der Waals surface area contributed by atoms with Crippen LogP contribution in [0.3, 0.4) is 0 Å². The van der Waals surface area contributed by atoms with Crippen LogP contribution >= 0.6 is 0 Å². The first-order chi connectivity index (χ1) is 13.2. The predicted molar refractivity (Wildman–Crippen MR) is 105 cm³/mol. The Bertz CT molecular complexity index is 479. The molecule has 1 saturated heterocycles. The van der Waals surface area contributed by atoms with E-state index in [1.54, 1.807) is 6.92 Å². The van der Waals surface area contributed by atoms with E-state index in [4.69, 9.17) is 24.4 Å². The van der Waals surface area contributed by atoms with E-state index in [2.05, 4.69) is 6.58 Å². The van der Waals surface area contributed by atoms with Crippen LogP contribution in [0.25, 0.3) is 0 Å². The maximum Gasteiger partial charge on any atom is 0.333 e. The Labute approximate surface area is 168 Å². The van der Waals surface area contributed by atoms with Gasteiger partial charge in [0.25, 0.3) is 0 Å². The van der Waals surface area contributed by atoms with Gasteiger partial charge in [0.15, 0.2) is 11.6 Å². The van der Waals surface area contributed by atoms with Crippen molar-refractivity contribution < 1.29 is 34.3 Å². The van der Waals surface area contributed by atoms with Crippen LogP contribution in [0, 0.1) is 0 Å². The minimum absolute atomic E-state index is 0.113. The first-order valence-corrected chi connectivity index (χ1v) is 10.5. The first kappa shape index (κ1) is 25.0. The van der Waals surface area contributed by atoms with E-state index >= 15 is 0 Å². The third-order valence-corrected chi connectivity index (χ3v) is 5.02. The molecule has 164 valence electrons. The number of hydrogen-bond acceptors (Lipinski definition) is 7. The molecule has 3 N–H and O–H groups in total. The van der Waals surface area contributed by atoms with Crippen molar-refractivity contribution in [2.24, 2.45) is 0 Å². The Morgan fingerprint density at radius 1 is 1.11 bits per heavy atom. The zero-order valence-electron chi connectivity index (χ0n) is 17.6. The summed E-state index contributed by atoms with van der Waals surface area (Å²) in [4.78, 5) is 11.3. The van der Waals surface area contributed by atoms with Gasteiger partial charge in [0.2, 0.25) is 0 Å². The minimum Gasteiger partial charge on any atom is -0.462 e. The molecule has 1 aliphatic heterocycles. The summed E-state index contributed by atoms with van der Waals surface area (Å²) in [6.07, 6.45) is 6.65. The highest BCUT2D eigenvalue weighted by Gasteiger charge is 2.40. The highest BCUT2D eigenvalue weighted by atomic mass is 16.6. The Kier molecular flexibility index (Phi) is 10.6. The van der Waals surface area contributed by atoms with Crippen molar-refractivity contribution in [1.29, 1.82) is 0 Å². The molecule has 7 nitrogen and oxygen atoms in total. The van der Waals surface area contributed by atoms with E-state index in [1.165, 1.54) is 0 Å². The minimum atomic E-state index is -1.28. The van der Waals surface area contributed by atoms with Gasteiger partial charge in [-0.3, -0.25) is 0 Å². The summed E-state index contributed by atoms with van der Waals surface area (Å²) in [5, 5.41) is 27.0. The number of hydrogen-bond donors (Lipinski definition) is 3. The molecule has 2 aliphatic carbocycles. The fraction of sp³-hybridized carbons (Fsp3) is 0.857. The van der Waals surface area contributed by atoms with Gasteiger partial charge in [-0.15, -0.1) is 0 Å². The number of rotatable bonds is 6. The van der Waals surface area contributed by atoms with Crippen molar-refractivity contribution in [3.63, 3.8) is 0 Å². The van der Waals surface area contributed by atoms with E-state index in [1.807, 2.05) is 13.8 Å². The van der Waals surface area contributed by atoms with Gasteiger partial charge in [0.1, 0.15) is 0 Å². The number of aliphatic hydroxyl groups is 3. The fourth-order valence-corrected chi connectivity index (χ4v) is 2.98. The molecule has 3 aliphatic rings. The van der Waals surface area contributed by atoms with Crippen LogP contribution in [-0.4, -0.2) is 58.3 Å². The fourth-order valence-electron chi connectivity index (χ4n) is 2.98. The molecule has 0 unspecified atom stereocenters.